The van der Waals surface area contributed by atoms with Gasteiger partial charge < -0.3 is 19.3 Å². The molecule has 0 aromatic heterocycles. The van der Waals surface area contributed by atoms with Crippen molar-refractivity contribution in [3.63, 3.8) is 0 Å². The molecule has 0 radical (unpaired) electrons. The minimum absolute atomic E-state index is 0.192. The number of rotatable bonds is 5. The molecule has 170 valence electrons. The van der Waals surface area contributed by atoms with Crippen molar-refractivity contribution in [3.8, 4) is 23.0 Å². The Hall–Kier alpha value is -2.87. The third kappa shape index (κ3) is 4.80. The fraction of sp³-hybridized carbons (Fsp3) is 0.417. The van der Waals surface area contributed by atoms with Gasteiger partial charge in [0.1, 0.15) is 24.7 Å². The third-order valence-corrected chi connectivity index (χ3v) is 6.40. The van der Waals surface area contributed by atoms with Gasteiger partial charge in [0.2, 0.25) is 5.91 Å². The summed E-state index contributed by atoms with van der Waals surface area (Å²) in [6.07, 6.45) is 0.483. The van der Waals surface area contributed by atoms with E-state index in [-0.39, 0.29) is 35.5 Å². The van der Waals surface area contributed by atoms with Gasteiger partial charge in [-0.1, -0.05) is 44.7 Å². The lowest BCUT2D eigenvalue weighted by Gasteiger charge is -2.36. The van der Waals surface area contributed by atoms with E-state index in [1.165, 1.54) is 0 Å². The van der Waals surface area contributed by atoms with Crippen molar-refractivity contribution in [1.82, 2.24) is 5.32 Å². The number of ether oxygens (including phenoxy) is 3. The molecule has 2 aromatic carbocycles. The normalized spacial score (nSPS) is 22.6. The first-order valence-corrected chi connectivity index (χ1v) is 11.3. The summed E-state index contributed by atoms with van der Waals surface area (Å²) in [4.78, 5) is 23.0. The van der Waals surface area contributed by atoms with Crippen molar-refractivity contribution in [2.45, 2.75) is 50.4 Å². The fourth-order valence-corrected chi connectivity index (χ4v) is 4.50. The second-order valence-electron chi connectivity index (χ2n) is 9.43. The maximum Gasteiger partial charge on any atom is 0.286 e. The van der Waals surface area contributed by atoms with E-state index < -0.39 is 10.9 Å². The predicted molar refractivity (Wildman–Crippen MR) is 122 cm³/mol. The number of thioether (sulfide) groups is 1. The molecule has 4 rings (SSSR count). The molecule has 2 aliphatic heterocycles. The van der Waals surface area contributed by atoms with Crippen LogP contribution in [0.1, 0.15) is 38.8 Å². The Morgan fingerprint density at radius 1 is 1.19 bits per heavy atom. The van der Waals surface area contributed by atoms with Crippen LogP contribution in [0.2, 0.25) is 0 Å². The first kappa shape index (κ1) is 22.3. The molecule has 1 saturated heterocycles. The summed E-state index contributed by atoms with van der Waals surface area (Å²) in [6, 6.07) is 10.9. The molecule has 0 spiro atoms. The van der Waals surface area contributed by atoms with Gasteiger partial charge in [0.15, 0.2) is 17.1 Å². The largest absolute Gasteiger partial charge is 0.508 e. The first-order chi connectivity index (χ1) is 15.0. The van der Waals surface area contributed by atoms with E-state index in [9.17, 15) is 14.7 Å². The van der Waals surface area contributed by atoms with Crippen LogP contribution in [0.3, 0.4) is 0 Å². The lowest BCUT2D eigenvalue weighted by molar-refractivity contribution is -0.118. The zero-order valence-corrected chi connectivity index (χ0v) is 19.4. The standard InChI is InChI=1S/C24H27NO6S/c1-23(2,3)16-10-19-18(11-17(16)26)30-13-24(4,31-19)12-29-15-7-5-14(6-8-15)9-20-21(27)25-22(28)32-20/h5-8,10-11,20,26H,9,12-13H2,1-4H3,(H,25,27,28). The van der Waals surface area contributed by atoms with Crippen LogP contribution in [0.4, 0.5) is 4.79 Å². The summed E-state index contributed by atoms with van der Waals surface area (Å²) in [6.45, 7) is 8.56. The molecule has 2 heterocycles. The maximum atomic E-state index is 11.7. The van der Waals surface area contributed by atoms with E-state index in [0.29, 0.717) is 23.7 Å². The predicted octanol–water partition coefficient (Wildman–Crippen LogP) is 4.19. The second kappa shape index (κ2) is 8.24. The van der Waals surface area contributed by atoms with E-state index in [0.717, 1.165) is 22.9 Å². The number of carbonyl (C=O) groups is 2. The van der Waals surface area contributed by atoms with Crippen LogP contribution in [0.25, 0.3) is 0 Å². The van der Waals surface area contributed by atoms with Crippen LogP contribution < -0.4 is 19.5 Å². The van der Waals surface area contributed by atoms with Crippen LogP contribution >= 0.6 is 11.8 Å². The molecule has 2 amide bonds. The molecule has 1 fully saturated rings. The lowest BCUT2D eigenvalue weighted by atomic mass is 9.86. The van der Waals surface area contributed by atoms with Crippen LogP contribution in [0.15, 0.2) is 36.4 Å². The van der Waals surface area contributed by atoms with E-state index in [2.05, 4.69) is 5.32 Å². The number of aromatic hydroxyl groups is 1. The number of nitrogens with one attached hydrogen (secondary N) is 1. The quantitative estimate of drug-likeness (QED) is 0.695. The summed E-state index contributed by atoms with van der Waals surface area (Å²) in [5, 5.41) is 11.9. The molecular weight excluding hydrogens is 430 g/mol. The van der Waals surface area contributed by atoms with Gasteiger partial charge in [0, 0.05) is 11.6 Å². The monoisotopic (exact) mass is 457 g/mol. The van der Waals surface area contributed by atoms with Gasteiger partial charge in [-0.05, 0) is 42.5 Å². The Labute approximate surface area is 191 Å². The zero-order valence-electron chi connectivity index (χ0n) is 18.6. The molecule has 0 bridgehead atoms. The van der Waals surface area contributed by atoms with E-state index in [1.54, 1.807) is 6.07 Å². The van der Waals surface area contributed by atoms with Gasteiger partial charge in [0.25, 0.3) is 5.24 Å². The minimum Gasteiger partial charge on any atom is -0.508 e. The van der Waals surface area contributed by atoms with Gasteiger partial charge in [-0.3, -0.25) is 14.9 Å². The number of carbonyl (C=O) groups excluding carboxylic acids is 2. The molecular formula is C24H27NO6S. The number of hydrogen-bond acceptors (Lipinski definition) is 7. The van der Waals surface area contributed by atoms with Crippen molar-refractivity contribution in [1.29, 1.82) is 0 Å². The smallest absolute Gasteiger partial charge is 0.286 e. The average molecular weight is 458 g/mol. The highest BCUT2D eigenvalue weighted by Gasteiger charge is 2.36. The van der Waals surface area contributed by atoms with Crippen molar-refractivity contribution in [3.05, 3.63) is 47.5 Å². The number of amides is 2. The zero-order chi connectivity index (χ0) is 23.1. The molecule has 2 aliphatic rings. The van der Waals surface area contributed by atoms with E-state index in [4.69, 9.17) is 14.2 Å². The van der Waals surface area contributed by atoms with E-state index in [1.807, 2.05) is 58.0 Å². The highest BCUT2D eigenvalue weighted by molar-refractivity contribution is 8.15. The Morgan fingerprint density at radius 3 is 2.53 bits per heavy atom. The first-order valence-electron chi connectivity index (χ1n) is 10.4. The van der Waals surface area contributed by atoms with Crippen molar-refractivity contribution < 1.29 is 28.9 Å². The van der Waals surface area contributed by atoms with E-state index >= 15 is 0 Å². The number of benzene rings is 2. The Kier molecular flexibility index (Phi) is 5.75. The summed E-state index contributed by atoms with van der Waals surface area (Å²) in [5.74, 6) is 1.72. The molecule has 2 N–H and O–H groups in total. The number of phenols is 1. The molecule has 0 aliphatic carbocycles. The Balaban J connectivity index is 1.39. The molecule has 2 atom stereocenters. The van der Waals surface area contributed by atoms with Crippen molar-refractivity contribution >= 4 is 22.9 Å². The highest BCUT2D eigenvalue weighted by Crippen LogP contribution is 2.43. The van der Waals surface area contributed by atoms with Gasteiger partial charge in [-0.15, -0.1) is 0 Å². The Morgan fingerprint density at radius 2 is 1.91 bits per heavy atom. The lowest BCUT2D eigenvalue weighted by Crippen LogP contribution is -2.47. The number of phenolic OH excluding ortho intramolecular Hbond substituents is 1. The van der Waals surface area contributed by atoms with Gasteiger partial charge in [0.05, 0.1) is 5.25 Å². The van der Waals surface area contributed by atoms with Crippen molar-refractivity contribution in [2.24, 2.45) is 0 Å². The van der Waals surface area contributed by atoms with Crippen LogP contribution in [0, 0.1) is 0 Å². The van der Waals surface area contributed by atoms with Crippen LogP contribution in [0.5, 0.6) is 23.0 Å². The van der Waals surface area contributed by atoms with Gasteiger partial charge in [-0.25, -0.2) is 0 Å². The average Bonchev–Trinajstić information content (AvgIpc) is 3.03. The second-order valence-corrected chi connectivity index (χ2v) is 10.6. The number of hydrogen-bond donors (Lipinski definition) is 2. The maximum absolute atomic E-state index is 11.7. The Bertz CT molecular complexity index is 1050. The molecule has 32 heavy (non-hydrogen) atoms. The summed E-state index contributed by atoms with van der Waals surface area (Å²) < 4.78 is 18.0. The molecule has 7 nitrogen and oxygen atoms in total. The fourth-order valence-electron chi connectivity index (χ4n) is 3.64. The number of imide groups is 1. The molecule has 8 heteroatoms. The summed E-state index contributed by atoms with van der Waals surface area (Å²) in [5.41, 5.74) is 0.805. The summed E-state index contributed by atoms with van der Waals surface area (Å²) >= 11 is 1.02. The molecule has 2 unspecified atom stereocenters. The van der Waals surface area contributed by atoms with Gasteiger partial charge >= 0.3 is 0 Å². The highest BCUT2D eigenvalue weighted by atomic mass is 32.2. The third-order valence-electron chi connectivity index (χ3n) is 5.42. The summed E-state index contributed by atoms with van der Waals surface area (Å²) in [7, 11) is 0. The van der Waals surface area contributed by atoms with Crippen LogP contribution in [-0.4, -0.2) is 40.3 Å². The SMILES string of the molecule is CC1(COc2ccc(CC3SC(=O)NC3=O)cc2)COc2cc(O)c(C(C)(C)C)cc2O1. The number of fused-ring (bicyclic) bond motifs is 1. The minimum atomic E-state index is -0.698. The topological polar surface area (TPSA) is 94.1 Å². The molecule has 0 saturated carbocycles. The molecule has 2 aromatic rings. The van der Waals surface area contributed by atoms with Gasteiger partial charge in [-0.2, -0.15) is 0 Å². The van der Waals surface area contributed by atoms with Crippen molar-refractivity contribution in [2.75, 3.05) is 13.2 Å². The van der Waals surface area contributed by atoms with Crippen LogP contribution in [-0.2, 0) is 16.6 Å².